The molecule has 2 saturated heterocycles. The van der Waals surface area contributed by atoms with Crippen LogP contribution in [-0.4, -0.2) is 75.7 Å². The summed E-state index contributed by atoms with van der Waals surface area (Å²) < 4.78 is 5.10. The molecule has 0 radical (unpaired) electrons. The summed E-state index contributed by atoms with van der Waals surface area (Å²) in [5, 5.41) is 23.7. The number of aliphatic hydroxyl groups is 2. The number of aliphatic hydroxyl groups excluding tert-OH is 1. The Morgan fingerprint density at radius 3 is 2.46 bits per heavy atom. The van der Waals surface area contributed by atoms with Gasteiger partial charge in [-0.2, -0.15) is 0 Å². The highest BCUT2D eigenvalue weighted by Gasteiger charge is 2.45. The van der Waals surface area contributed by atoms with Gasteiger partial charge in [0.05, 0.1) is 19.3 Å². The standard InChI is InChI=1S/C28H33N3O6/c1-17(2)24(31-13-19-5-3-4-6-22(19)26(31)34)27(35)30-14-21(32)11-23(30)25(33)29-12-18-7-9-20(10-8-18)28(36)15-37-16-28/h3-10,17,21,23-24,32,36H,11-16H2,1-2H3,(H,29,33)/t21-,23+,24?/m1/s1. The third-order valence-corrected chi connectivity index (χ3v) is 7.57. The number of nitrogens with one attached hydrogen (secondary N) is 1. The van der Waals surface area contributed by atoms with Gasteiger partial charge in [0.2, 0.25) is 11.8 Å². The van der Waals surface area contributed by atoms with Crippen LogP contribution in [0.2, 0.25) is 0 Å². The number of rotatable bonds is 7. The summed E-state index contributed by atoms with van der Waals surface area (Å²) in [6.07, 6.45) is -0.675. The van der Waals surface area contributed by atoms with Crippen molar-refractivity contribution in [1.82, 2.24) is 15.1 Å². The molecule has 3 aliphatic heterocycles. The fraction of sp³-hybridized carbons (Fsp3) is 0.464. The van der Waals surface area contributed by atoms with E-state index in [1.165, 1.54) is 4.90 Å². The Morgan fingerprint density at radius 1 is 1.14 bits per heavy atom. The molecule has 0 bridgehead atoms. The Labute approximate surface area is 216 Å². The molecule has 37 heavy (non-hydrogen) atoms. The molecule has 0 saturated carbocycles. The Kier molecular flexibility index (Phi) is 6.78. The van der Waals surface area contributed by atoms with Crippen molar-refractivity contribution >= 4 is 17.7 Å². The second kappa shape index (κ2) is 9.89. The molecule has 0 aromatic heterocycles. The number of ether oxygens (including phenoxy) is 1. The number of carbonyl (C=O) groups excluding carboxylic acids is 3. The molecule has 2 aromatic carbocycles. The van der Waals surface area contributed by atoms with Crippen LogP contribution in [0.25, 0.3) is 0 Å². The summed E-state index contributed by atoms with van der Waals surface area (Å²) in [4.78, 5) is 43.1. The van der Waals surface area contributed by atoms with Crippen LogP contribution >= 0.6 is 0 Å². The van der Waals surface area contributed by atoms with Gasteiger partial charge in [-0.1, -0.05) is 56.3 Å². The van der Waals surface area contributed by atoms with Gasteiger partial charge in [-0.25, -0.2) is 0 Å². The smallest absolute Gasteiger partial charge is 0.255 e. The van der Waals surface area contributed by atoms with Gasteiger partial charge in [-0.3, -0.25) is 14.4 Å². The molecule has 1 unspecified atom stereocenters. The topological polar surface area (TPSA) is 119 Å². The van der Waals surface area contributed by atoms with Crippen molar-refractivity contribution in [3.8, 4) is 0 Å². The van der Waals surface area contributed by atoms with E-state index >= 15 is 0 Å². The summed E-state index contributed by atoms with van der Waals surface area (Å²) in [6, 6.07) is 13.1. The minimum Gasteiger partial charge on any atom is -0.391 e. The van der Waals surface area contributed by atoms with Crippen LogP contribution in [0.4, 0.5) is 0 Å². The molecule has 196 valence electrons. The van der Waals surface area contributed by atoms with Gasteiger partial charge in [0.15, 0.2) is 0 Å². The predicted molar refractivity (Wildman–Crippen MR) is 134 cm³/mol. The van der Waals surface area contributed by atoms with Crippen LogP contribution in [0.3, 0.4) is 0 Å². The number of β-amino-alcohol motifs (C(OH)–C–C–N with tert-alkyl or cyclic N) is 1. The number of hydrogen-bond donors (Lipinski definition) is 3. The second-order valence-electron chi connectivity index (χ2n) is 10.6. The van der Waals surface area contributed by atoms with Crippen molar-refractivity contribution < 1.29 is 29.3 Å². The van der Waals surface area contributed by atoms with Crippen molar-refractivity contribution in [1.29, 1.82) is 0 Å². The lowest BCUT2D eigenvalue weighted by Crippen LogP contribution is -2.55. The van der Waals surface area contributed by atoms with Gasteiger partial charge in [0, 0.05) is 31.6 Å². The summed E-state index contributed by atoms with van der Waals surface area (Å²) >= 11 is 0. The lowest BCUT2D eigenvalue weighted by molar-refractivity contribution is -0.184. The molecule has 9 nitrogen and oxygen atoms in total. The lowest BCUT2D eigenvalue weighted by atomic mass is 9.91. The van der Waals surface area contributed by atoms with Gasteiger partial charge in [-0.15, -0.1) is 0 Å². The number of likely N-dealkylation sites (tertiary alicyclic amines) is 1. The SMILES string of the molecule is CC(C)C(C(=O)N1C[C@H](O)C[C@H]1C(=O)NCc1ccc(C2(O)COC2)cc1)N1Cc2ccccc2C1=O. The van der Waals surface area contributed by atoms with Gasteiger partial charge in [0.1, 0.15) is 17.7 Å². The minimum absolute atomic E-state index is 0.0461. The van der Waals surface area contributed by atoms with E-state index in [1.54, 1.807) is 17.0 Å². The maximum Gasteiger partial charge on any atom is 0.255 e. The molecular weight excluding hydrogens is 474 g/mol. The van der Waals surface area contributed by atoms with Gasteiger partial charge in [0.25, 0.3) is 5.91 Å². The summed E-state index contributed by atoms with van der Waals surface area (Å²) in [5.74, 6) is -1.04. The third kappa shape index (κ3) is 4.74. The average molecular weight is 508 g/mol. The van der Waals surface area contributed by atoms with Crippen LogP contribution in [0.1, 0.15) is 47.3 Å². The highest BCUT2D eigenvalue weighted by atomic mass is 16.5. The monoisotopic (exact) mass is 507 g/mol. The van der Waals surface area contributed by atoms with Crippen LogP contribution in [0, 0.1) is 5.92 Å². The van der Waals surface area contributed by atoms with Crippen molar-refractivity contribution in [3.63, 3.8) is 0 Å². The average Bonchev–Trinajstić information content (AvgIpc) is 3.41. The van der Waals surface area contributed by atoms with E-state index in [0.717, 1.165) is 16.7 Å². The van der Waals surface area contributed by atoms with Crippen molar-refractivity contribution in [2.75, 3.05) is 19.8 Å². The second-order valence-corrected chi connectivity index (χ2v) is 10.6. The fourth-order valence-corrected chi connectivity index (χ4v) is 5.46. The Morgan fingerprint density at radius 2 is 1.84 bits per heavy atom. The Balaban J connectivity index is 1.27. The summed E-state index contributed by atoms with van der Waals surface area (Å²) in [5.41, 5.74) is 2.14. The first-order valence-corrected chi connectivity index (χ1v) is 12.7. The zero-order valence-corrected chi connectivity index (χ0v) is 21.1. The molecule has 9 heteroatoms. The van der Waals surface area contributed by atoms with Crippen molar-refractivity contribution in [3.05, 3.63) is 70.8 Å². The van der Waals surface area contributed by atoms with E-state index in [2.05, 4.69) is 5.32 Å². The van der Waals surface area contributed by atoms with E-state index in [9.17, 15) is 24.6 Å². The van der Waals surface area contributed by atoms with Crippen molar-refractivity contribution in [2.24, 2.45) is 5.92 Å². The first-order chi connectivity index (χ1) is 17.7. The molecule has 3 heterocycles. The van der Waals surface area contributed by atoms with Gasteiger partial charge < -0.3 is 30.1 Å². The third-order valence-electron chi connectivity index (χ3n) is 7.57. The highest BCUT2D eigenvalue weighted by Crippen LogP contribution is 2.31. The number of fused-ring (bicyclic) bond motifs is 1. The molecule has 2 aromatic rings. The quantitative estimate of drug-likeness (QED) is 0.518. The molecule has 3 atom stereocenters. The number of hydrogen-bond acceptors (Lipinski definition) is 6. The predicted octanol–water partition coefficient (Wildman–Crippen LogP) is 1.16. The molecular formula is C28H33N3O6. The van der Waals surface area contributed by atoms with Crippen LogP contribution in [0.15, 0.2) is 48.5 Å². The first-order valence-electron chi connectivity index (χ1n) is 12.7. The van der Waals surface area contributed by atoms with Crippen LogP contribution < -0.4 is 5.32 Å². The first kappa shape index (κ1) is 25.4. The highest BCUT2D eigenvalue weighted by molar-refractivity contribution is 6.01. The zero-order valence-electron chi connectivity index (χ0n) is 21.1. The minimum atomic E-state index is -0.951. The Bertz CT molecular complexity index is 1190. The van der Waals surface area contributed by atoms with Gasteiger partial charge >= 0.3 is 0 Å². The van der Waals surface area contributed by atoms with E-state index in [4.69, 9.17) is 4.74 Å². The maximum absolute atomic E-state index is 13.8. The molecule has 2 fully saturated rings. The van der Waals surface area contributed by atoms with Gasteiger partial charge in [-0.05, 0) is 28.7 Å². The molecule has 0 aliphatic carbocycles. The molecule has 3 N–H and O–H groups in total. The summed E-state index contributed by atoms with van der Waals surface area (Å²) in [6.45, 7) is 4.94. The number of amides is 3. The van der Waals surface area contributed by atoms with E-state index in [0.29, 0.717) is 12.1 Å². The molecule has 0 spiro atoms. The van der Waals surface area contributed by atoms with Crippen LogP contribution in [-0.2, 0) is 33.0 Å². The largest absolute Gasteiger partial charge is 0.391 e. The number of nitrogens with zero attached hydrogens (tertiary/aromatic N) is 2. The molecule has 3 aliphatic rings. The summed E-state index contributed by atoms with van der Waals surface area (Å²) in [7, 11) is 0. The van der Waals surface area contributed by atoms with Crippen LogP contribution in [0.5, 0.6) is 0 Å². The van der Waals surface area contributed by atoms with Crippen molar-refractivity contribution in [2.45, 2.75) is 57.1 Å². The lowest BCUT2D eigenvalue weighted by Gasteiger charge is -2.36. The Hall–Kier alpha value is -3.27. The fourth-order valence-electron chi connectivity index (χ4n) is 5.46. The molecule has 3 amide bonds. The van der Waals surface area contributed by atoms with E-state index in [-0.39, 0.29) is 56.4 Å². The normalized spacial score (nSPS) is 23.1. The number of carbonyl (C=O) groups is 3. The number of benzene rings is 2. The van der Waals surface area contributed by atoms with E-state index < -0.39 is 23.8 Å². The van der Waals surface area contributed by atoms with E-state index in [1.807, 2.05) is 50.2 Å². The molecule has 5 rings (SSSR count). The maximum atomic E-state index is 13.8. The zero-order chi connectivity index (χ0) is 26.3.